The second-order valence-corrected chi connectivity index (χ2v) is 7.88. The van der Waals surface area contributed by atoms with E-state index in [1.165, 1.54) is 11.3 Å². The molecule has 6 nitrogen and oxygen atoms in total. The molecule has 1 aromatic carbocycles. The molecule has 1 heterocycles. The first-order valence-corrected chi connectivity index (χ1v) is 9.93. The first-order chi connectivity index (χ1) is 13.2. The summed E-state index contributed by atoms with van der Waals surface area (Å²) in [6, 6.07) is 5.73. The van der Waals surface area contributed by atoms with Crippen LogP contribution in [0.2, 0.25) is 0 Å². The van der Waals surface area contributed by atoms with Crippen LogP contribution in [-0.2, 0) is 20.7 Å². The third kappa shape index (κ3) is 5.66. The third-order valence-electron chi connectivity index (χ3n) is 4.26. The lowest BCUT2D eigenvalue weighted by Crippen LogP contribution is -2.35. The van der Waals surface area contributed by atoms with Gasteiger partial charge in [0.05, 0.1) is 6.54 Å². The summed E-state index contributed by atoms with van der Waals surface area (Å²) < 4.78 is 5.03. The summed E-state index contributed by atoms with van der Waals surface area (Å²) >= 11 is 1.37. The highest BCUT2D eigenvalue weighted by atomic mass is 32.1. The minimum Gasteiger partial charge on any atom is -0.451 e. The number of carbonyl (C=O) groups is 3. The Morgan fingerprint density at radius 3 is 2.18 bits per heavy atom. The van der Waals surface area contributed by atoms with Crippen LogP contribution in [0.4, 0.5) is 5.69 Å². The highest BCUT2D eigenvalue weighted by molar-refractivity contribution is 7.14. The van der Waals surface area contributed by atoms with Crippen molar-refractivity contribution in [2.24, 2.45) is 0 Å². The second-order valence-electron chi connectivity index (χ2n) is 6.75. The molecule has 28 heavy (non-hydrogen) atoms. The number of esters is 1. The minimum absolute atomic E-state index is 0.193. The van der Waals surface area contributed by atoms with Gasteiger partial charge in [0.25, 0.3) is 5.91 Å². The summed E-state index contributed by atoms with van der Waals surface area (Å²) in [4.78, 5) is 37.6. The molecule has 0 saturated heterocycles. The molecular weight excluding hydrogens is 376 g/mol. The van der Waals surface area contributed by atoms with E-state index in [9.17, 15) is 14.4 Å². The van der Waals surface area contributed by atoms with Crippen LogP contribution in [0.1, 0.15) is 43.7 Å². The van der Waals surface area contributed by atoms with E-state index in [1.807, 2.05) is 46.8 Å². The zero-order valence-corrected chi connectivity index (χ0v) is 17.7. The molecule has 2 rings (SSSR count). The van der Waals surface area contributed by atoms with E-state index in [0.29, 0.717) is 4.88 Å². The Morgan fingerprint density at radius 1 is 0.964 bits per heavy atom. The van der Waals surface area contributed by atoms with Crippen molar-refractivity contribution in [3.05, 3.63) is 50.2 Å². The molecular formula is C21H26N2O4S. The number of nitrogens with one attached hydrogen (secondary N) is 2. The van der Waals surface area contributed by atoms with Crippen molar-refractivity contribution in [3.63, 3.8) is 0 Å². The summed E-state index contributed by atoms with van der Waals surface area (Å²) in [6.45, 7) is 9.18. The van der Waals surface area contributed by atoms with Crippen LogP contribution in [0.3, 0.4) is 0 Å². The topological polar surface area (TPSA) is 84.5 Å². The number of rotatable bonds is 7. The molecule has 0 atom stereocenters. The predicted molar refractivity (Wildman–Crippen MR) is 111 cm³/mol. The Morgan fingerprint density at radius 2 is 1.61 bits per heavy atom. The number of amides is 2. The third-order valence-corrected chi connectivity index (χ3v) is 5.63. The van der Waals surface area contributed by atoms with Crippen molar-refractivity contribution in [3.8, 4) is 0 Å². The number of ether oxygens (including phenoxy) is 1. The van der Waals surface area contributed by atoms with Crippen molar-refractivity contribution >= 4 is 34.8 Å². The molecule has 2 N–H and O–H groups in total. The van der Waals surface area contributed by atoms with Crippen LogP contribution in [0.15, 0.2) is 18.2 Å². The van der Waals surface area contributed by atoms with Gasteiger partial charge in [-0.1, -0.05) is 24.6 Å². The number of hydrogen-bond acceptors (Lipinski definition) is 5. The average Bonchev–Trinajstić information content (AvgIpc) is 3.01. The molecule has 0 aliphatic carbocycles. The maximum atomic E-state index is 12.1. The van der Waals surface area contributed by atoms with Gasteiger partial charge < -0.3 is 15.4 Å². The van der Waals surface area contributed by atoms with Gasteiger partial charge in [0, 0.05) is 10.6 Å². The van der Waals surface area contributed by atoms with Gasteiger partial charge in [-0.2, -0.15) is 0 Å². The molecule has 0 aliphatic rings. The Kier molecular flexibility index (Phi) is 7.34. The lowest BCUT2D eigenvalue weighted by molar-refractivity contribution is -0.126. The maximum Gasteiger partial charge on any atom is 0.348 e. The summed E-state index contributed by atoms with van der Waals surface area (Å²) in [5, 5.41) is 5.27. The molecule has 0 aliphatic heterocycles. The lowest BCUT2D eigenvalue weighted by atomic mass is 10.1. The van der Waals surface area contributed by atoms with Crippen LogP contribution in [0, 0.1) is 27.7 Å². The maximum absolute atomic E-state index is 12.1. The van der Waals surface area contributed by atoms with Gasteiger partial charge in [0.2, 0.25) is 5.91 Å². The highest BCUT2D eigenvalue weighted by Crippen LogP contribution is 2.23. The van der Waals surface area contributed by atoms with E-state index in [2.05, 4.69) is 10.6 Å². The first kappa shape index (κ1) is 21.6. The number of hydrogen-bond donors (Lipinski definition) is 2. The molecule has 0 fully saturated rings. The quantitative estimate of drug-likeness (QED) is 0.695. The van der Waals surface area contributed by atoms with Crippen molar-refractivity contribution in [1.29, 1.82) is 0 Å². The van der Waals surface area contributed by atoms with Crippen LogP contribution in [0.25, 0.3) is 0 Å². The van der Waals surface area contributed by atoms with Crippen molar-refractivity contribution < 1.29 is 19.1 Å². The summed E-state index contributed by atoms with van der Waals surface area (Å²) in [5.74, 6) is -1.39. The zero-order valence-electron chi connectivity index (χ0n) is 16.9. The molecule has 0 radical (unpaired) electrons. The molecule has 2 amide bonds. The number of thiophene rings is 1. The fraction of sp³-hybridized carbons (Fsp3) is 0.381. The summed E-state index contributed by atoms with van der Waals surface area (Å²) in [7, 11) is 0. The van der Waals surface area contributed by atoms with Gasteiger partial charge in [-0.05, 0) is 56.9 Å². The van der Waals surface area contributed by atoms with E-state index in [0.717, 1.165) is 39.2 Å². The zero-order chi connectivity index (χ0) is 20.8. The van der Waals surface area contributed by atoms with E-state index < -0.39 is 18.5 Å². The van der Waals surface area contributed by atoms with Gasteiger partial charge in [0.1, 0.15) is 4.88 Å². The van der Waals surface area contributed by atoms with Gasteiger partial charge in [-0.25, -0.2) is 4.79 Å². The van der Waals surface area contributed by atoms with Crippen molar-refractivity contribution in [2.75, 3.05) is 18.5 Å². The highest BCUT2D eigenvalue weighted by Gasteiger charge is 2.15. The SMILES string of the molecule is CCc1sc(C(=O)OCC(=O)NCC(=O)Nc2c(C)cc(C)cc2C)cc1C. The number of benzene rings is 1. The van der Waals surface area contributed by atoms with Gasteiger partial charge >= 0.3 is 5.97 Å². The van der Waals surface area contributed by atoms with Gasteiger partial charge in [-0.15, -0.1) is 11.3 Å². The van der Waals surface area contributed by atoms with E-state index in [-0.39, 0.29) is 12.5 Å². The molecule has 1 aromatic heterocycles. The molecule has 0 bridgehead atoms. The van der Waals surface area contributed by atoms with Crippen molar-refractivity contribution in [1.82, 2.24) is 5.32 Å². The summed E-state index contributed by atoms with van der Waals surface area (Å²) in [6.07, 6.45) is 0.847. The Bertz CT molecular complexity index is 879. The second kappa shape index (κ2) is 9.50. The summed E-state index contributed by atoms with van der Waals surface area (Å²) in [5.41, 5.74) is 4.83. The molecule has 7 heteroatoms. The monoisotopic (exact) mass is 402 g/mol. The van der Waals surface area contributed by atoms with Crippen LogP contribution >= 0.6 is 11.3 Å². The fourth-order valence-electron chi connectivity index (χ4n) is 2.96. The average molecular weight is 403 g/mol. The Hall–Kier alpha value is -2.67. The Labute approximate surface area is 169 Å². The van der Waals surface area contributed by atoms with Crippen LogP contribution in [-0.4, -0.2) is 30.9 Å². The lowest BCUT2D eigenvalue weighted by Gasteiger charge is -2.13. The predicted octanol–water partition coefficient (Wildman–Crippen LogP) is 3.46. The first-order valence-electron chi connectivity index (χ1n) is 9.12. The smallest absolute Gasteiger partial charge is 0.348 e. The molecule has 0 spiro atoms. The largest absolute Gasteiger partial charge is 0.451 e. The number of aryl methyl sites for hydroxylation is 5. The molecule has 2 aromatic rings. The van der Waals surface area contributed by atoms with Gasteiger partial charge in [-0.3, -0.25) is 9.59 Å². The minimum atomic E-state index is -0.529. The van der Waals surface area contributed by atoms with Crippen molar-refractivity contribution in [2.45, 2.75) is 41.0 Å². The van der Waals surface area contributed by atoms with E-state index in [1.54, 1.807) is 6.07 Å². The number of carbonyl (C=O) groups excluding carboxylic acids is 3. The standard InChI is InChI=1S/C21H26N2O4S/c1-6-16-13(3)9-17(28-16)21(26)27-11-19(25)22-10-18(24)23-20-14(4)7-12(2)8-15(20)5/h7-9H,6,10-11H2,1-5H3,(H,22,25)(H,23,24). The molecule has 150 valence electrons. The fourth-order valence-corrected chi connectivity index (χ4v) is 3.97. The van der Waals surface area contributed by atoms with Crippen LogP contribution in [0.5, 0.6) is 0 Å². The van der Waals surface area contributed by atoms with Gasteiger partial charge in [0.15, 0.2) is 6.61 Å². The normalized spacial score (nSPS) is 10.5. The van der Waals surface area contributed by atoms with E-state index >= 15 is 0 Å². The number of anilines is 1. The van der Waals surface area contributed by atoms with Crippen LogP contribution < -0.4 is 10.6 Å². The van der Waals surface area contributed by atoms with E-state index in [4.69, 9.17) is 4.74 Å². The molecule has 0 saturated carbocycles. The molecule has 0 unspecified atom stereocenters. The Balaban J connectivity index is 1.80.